The lowest BCUT2D eigenvalue weighted by atomic mass is 9.86. The smallest absolute Gasteiger partial charge is 0.407 e. The molecule has 7 nitrogen and oxygen atoms in total. The first-order valence-electron chi connectivity index (χ1n) is 12.3. The molecule has 0 aromatic heterocycles. The monoisotopic (exact) mass is 476 g/mol. The van der Waals surface area contributed by atoms with E-state index < -0.39 is 28.9 Å². The Hall–Kier alpha value is -3.35. The number of nitrogens with one attached hydrogen (secondary N) is 2. The molecule has 0 radical (unpaired) electrons. The third kappa shape index (κ3) is 4.17. The van der Waals surface area contributed by atoms with Crippen LogP contribution in [0.15, 0.2) is 48.5 Å². The lowest BCUT2D eigenvalue weighted by molar-refractivity contribution is -0.144. The van der Waals surface area contributed by atoms with Gasteiger partial charge < -0.3 is 20.5 Å². The number of amides is 2. The van der Waals surface area contributed by atoms with Crippen LogP contribution in [0.5, 0.6) is 0 Å². The molecule has 7 heteroatoms. The maximum absolute atomic E-state index is 13.1. The number of aliphatic carboxylic acids is 1. The van der Waals surface area contributed by atoms with Gasteiger partial charge in [0, 0.05) is 12.0 Å². The highest BCUT2D eigenvalue weighted by atomic mass is 16.5. The van der Waals surface area contributed by atoms with Crippen molar-refractivity contribution in [3.63, 3.8) is 0 Å². The number of carbonyl (C=O) groups excluding carboxylic acids is 2. The fourth-order valence-electron chi connectivity index (χ4n) is 5.98. The van der Waals surface area contributed by atoms with E-state index in [1.54, 1.807) is 0 Å². The first-order valence-corrected chi connectivity index (χ1v) is 12.3. The van der Waals surface area contributed by atoms with Crippen LogP contribution < -0.4 is 10.6 Å². The van der Waals surface area contributed by atoms with Crippen molar-refractivity contribution in [2.24, 2.45) is 16.7 Å². The topological polar surface area (TPSA) is 105 Å². The molecule has 35 heavy (non-hydrogen) atoms. The minimum Gasteiger partial charge on any atom is -0.481 e. The average Bonchev–Trinajstić information content (AvgIpc) is 3.24. The minimum absolute atomic E-state index is 0.0625. The Bertz CT molecular complexity index is 1140. The van der Waals surface area contributed by atoms with E-state index in [9.17, 15) is 19.5 Å². The molecule has 0 spiro atoms. The van der Waals surface area contributed by atoms with Gasteiger partial charge in [-0.05, 0) is 52.8 Å². The van der Waals surface area contributed by atoms with E-state index in [0.717, 1.165) is 22.3 Å². The van der Waals surface area contributed by atoms with Crippen molar-refractivity contribution < 1.29 is 24.2 Å². The van der Waals surface area contributed by atoms with E-state index in [-0.39, 0.29) is 30.4 Å². The zero-order chi connectivity index (χ0) is 25.0. The molecule has 3 aliphatic rings. The van der Waals surface area contributed by atoms with Crippen molar-refractivity contribution in [2.45, 2.75) is 58.0 Å². The number of alkyl carbamates (subject to hydrolysis) is 1. The summed E-state index contributed by atoms with van der Waals surface area (Å²) in [6, 6.07) is 15.3. The molecule has 2 fully saturated rings. The highest BCUT2D eigenvalue weighted by Gasteiger charge is 2.65. The standard InChI is InChI=1S/C28H32N2O5/c1-27(2,3)23(24(31)29-17-12-16-13-28(16,14-17)25(32)33)30-26(34)35-15-22-20-10-6-4-8-18(20)19-9-5-7-11-21(19)22/h4-11,16-17,22-23H,12-15H2,1-3H3,(H,29,31)(H,30,34)(H,32,33)/t16-,17+,23?,28+/m0/s1. The lowest BCUT2D eigenvalue weighted by Gasteiger charge is -2.31. The van der Waals surface area contributed by atoms with Crippen LogP contribution in [0.1, 0.15) is 57.1 Å². The normalized spacial score (nSPS) is 25.1. The predicted octanol–water partition coefficient (Wildman–Crippen LogP) is 4.31. The highest BCUT2D eigenvalue weighted by Crippen LogP contribution is 2.63. The summed E-state index contributed by atoms with van der Waals surface area (Å²) in [6.07, 6.45) is 1.16. The second-order valence-electron chi connectivity index (χ2n) is 11.3. The molecule has 2 saturated carbocycles. The van der Waals surface area contributed by atoms with Gasteiger partial charge in [-0.2, -0.15) is 0 Å². The molecule has 0 aliphatic heterocycles. The van der Waals surface area contributed by atoms with Crippen molar-refractivity contribution in [3.8, 4) is 11.1 Å². The van der Waals surface area contributed by atoms with E-state index in [2.05, 4.69) is 34.9 Å². The number of benzene rings is 2. The Kier molecular flexibility index (Phi) is 5.61. The van der Waals surface area contributed by atoms with Crippen LogP contribution in [0.3, 0.4) is 0 Å². The number of ether oxygens (including phenoxy) is 1. The van der Waals surface area contributed by atoms with Gasteiger partial charge >= 0.3 is 12.1 Å². The van der Waals surface area contributed by atoms with Gasteiger partial charge in [0.25, 0.3) is 0 Å². The molecule has 3 N–H and O–H groups in total. The number of hydrogen-bond acceptors (Lipinski definition) is 4. The third-order valence-electron chi connectivity index (χ3n) is 7.92. The summed E-state index contributed by atoms with van der Waals surface area (Å²) in [4.78, 5) is 37.6. The second kappa shape index (κ2) is 8.40. The molecule has 4 atom stereocenters. The summed E-state index contributed by atoms with van der Waals surface area (Å²) in [5.74, 6) is -1.01. The number of carboxylic acid groups (broad SMARTS) is 1. The van der Waals surface area contributed by atoms with Gasteiger partial charge in [0.2, 0.25) is 5.91 Å². The van der Waals surface area contributed by atoms with E-state index >= 15 is 0 Å². The van der Waals surface area contributed by atoms with Crippen LogP contribution in [-0.4, -0.2) is 41.8 Å². The summed E-state index contributed by atoms with van der Waals surface area (Å²) in [7, 11) is 0. The SMILES string of the molecule is CC(C)(C)C(NC(=O)OCC1c2ccccc2-c2ccccc21)C(=O)N[C@@H]1C[C@H]2C[C@@]2(C(=O)O)C1. The molecular formula is C28H32N2O5. The van der Waals surface area contributed by atoms with Crippen molar-refractivity contribution in [1.29, 1.82) is 0 Å². The van der Waals surface area contributed by atoms with Crippen molar-refractivity contribution >= 4 is 18.0 Å². The van der Waals surface area contributed by atoms with Gasteiger partial charge in [-0.15, -0.1) is 0 Å². The quantitative estimate of drug-likeness (QED) is 0.576. The van der Waals surface area contributed by atoms with E-state index in [1.807, 2.05) is 45.0 Å². The Morgan fingerprint density at radius 3 is 2.17 bits per heavy atom. The van der Waals surface area contributed by atoms with E-state index in [4.69, 9.17) is 4.74 Å². The van der Waals surface area contributed by atoms with Crippen molar-refractivity contribution in [3.05, 3.63) is 59.7 Å². The predicted molar refractivity (Wildman–Crippen MR) is 131 cm³/mol. The summed E-state index contributed by atoms with van der Waals surface area (Å²) in [5, 5.41) is 15.3. The average molecular weight is 477 g/mol. The minimum atomic E-state index is -0.809. The number of carboxylic acids is 1. The van der Waals surface area contributed by atoms with Gasteiger partial charge in [-0.1, -0.05) is 69.3 Å². The molecule has 184 valence electrons. The van der Waals surface area contributed by atoms with E-state index in [1.165, 1.54) is 0 Å². The van der Waals surface area contributed by atoms with Crippen LogP contribution in [0.2, 0.25) is 0 Å². The van der Waals surface area contributed by atoms with E-state index in [0.29, 0.717) is 19.3 Å². The fourth-order valence-corrected chi connectivity index (χ4v) is 5.98. The number of hydrogen-bond donors (Lipinski definition) is 3. The van der Waals surface area contributed by atoms with Crippen LogP contribution in [0.25, 0.3) is 11.1 Å². The maximum Gasteiger partial charge on any atom is 0.407 e. The van der Waals surface area contributed by atoms with Crippen LogP contribution in [0, 0.1) is 16.7 Å². The number of rotatable bonds is 6. The van der Waals surface area contributed by atoms with Crippen LogP contribution >= 0.6 is 0 Å². The summed E-state index contributed by atoms with van der Waals surface area (Å²) >= 11 is 0. The number of carbonyl (C=O) groups is 3. The first-order chi connectivity index (χ1) is 16.6. The van der Waals surface area contributed by atoms with Crippen molar-refractivity contribution in [2.75, 3.05) is 6.61 Å². The Labute approximate surface area is 205 Å². The Morgan fingerprint density at radius 1 is 1.03 bits per heavy atom. The molecule has 2 amide bonds. The summed E-state index contributed by atoms with van der Waals surface area (Å²) in [6.45, 7) is 5.81. The van der Waals surface area contributed by atoms with Crippen molar-refractivity contribution in [1.82, 2.24) is 10.6 Å². The van der Waals surface area contributed by atoms with Gasteiger partial charge in [-0.3, -0.25) is 9.59 Å². The second-order valence-corrected chi connectivity index (χ2v) is 11.3. The summed E-state index contributed by atoms with van der Waals surface area (Å²) in [5.41, 5.74) is 3.32. The van der Waals surface area contributed by atoms with Gasteiger partial charge in [0.15, 0.2) is 0 Å². The van der Waals surface area contributed by atoms with Crippen LogP contribution in [-0.2, 0) is 14.3 Å². The molecule has 2 aromatic rings. The molecule has 0 saturated heterocycles. The molecule has 0 bridgehead atoms. The molecule has 1 unspecified atom stereocenters. The summed E-state index contributed by atoms with van der Waals surface area (Å²) < 4.78 is 5.65. The molecule has 2 aromatic carbocycles. The lowest BCUT2D eigenvalue weighted by Crippen LogP contribution is -2.55. The number of fused-ring (bicyclic) bond motifs is 4. The molecular weight excluding hydrogens is 444 g/mol. The largest absolute Gasteiger partial charge is 0.481 e. The van der Waals surface area contributed by atoms with Crippen LogP contribution in [0.4, 0.5) is 4.79 Å². The third-order valence-corrected chi connectivity index (χ3v) is 7.92. The molecule has 0 heterocycles. The zero-order valence-corrected chi connectivity index (χ0v) is 20.3. The molecule has 5 rings (SSSR count). The zero-order valence-electron chi connectivity index (χ0n) is 20.3. The molecule has 3 aliphatic carbocycles. The first kappa shape index (κ1) is 23.4. The highest BCUT2D eigenvalue weighted by molar-refractivity contribution is 5.87. The van der Waals surface area contributed by atoms with Gasteiger partial charge in [0.1, 0.15) is 12.6 Å². The van der Waals surface area contributed by atoms with Gasteiger partial charge in [-0.25, -0.2) is 4.79 Å². The maximum atomic E-state index is 13.1. The fraction of sp³-hybridized carbons (Fsp3) is 0.464. The Balaban J connectivity index is 1.22. The van der Waals surface area contributed by atoms with Gasteiger partial charge in [0.05, 0.1) is 5.41 Å². The Morgan fingerprint density at radius 2 is 1.63 bits per heavy atom.